The van der Waals surface area contributed by atoms with Crippen LogP contribution in [0.4, 0.5) is 10.5 Å². The van der Waals surface area contributed by atoms with Gasteiger partial charge in [0.25, 0.3) is 0 Å². The summed E-state index contributed by atoms with van der Waals surface area (Å²) < 4.78 is 7.71. The Labute approximate surface area is 153 Å². The Balaban J connectivity index is 1.50. The van der Waals surface area contributed by atoms with Crippen LogP contribution in [0.15, 0.2) is 54.7 Å². The maximum Gasteiger partial charge on any atom is 0.318 e. The van der Waals surface area contributed by atoms with Crippen LogP contribution >= 0.6 is 0 Å². The van der Waals surface area contributed by atoms with Gasteiger partial charge < -0.3 is 19.9 Å². The number of amides is 2. The monoisotopic (exact) mass is 349 g/mol. The molecule has 4 rings (SSSR count). The topological polar surface area (TPSA) is 55.3 Å². The van der Waals surface area contributed by atoms with Gasteiger partial charge in [-0.05, 0) is 41.8 Å². The summed E-state index contributed by atoms with van der Waals surface area (Å²) in [4.78, 5) is 11.5. The Hall–Kier alpha value is -2.79. The van der Waals surface area contributed by atoms with Gasteiger partial charge >= 0.3 is 6.03 Å². The summed E-state index contributed by atoms with van der Waals surface area (Å²) in [6, 6.07) is 16.7. The lowest BCUT2D eigenvalue weighted by molar-refractivity contribution is 0.194. The highest BCUT2D eigenvalue weighted by Gasteiger charge is 2.17. The third-order valence-corrected chi connectivity index (χ3v) is 4.99. The molecule has 26 heavy (non-hydrogen) atoms. The van der Waals surface area contributed by atoms with E-state index in [9.17, 15) is 4.79 Å². The Kier molecular flexibility index (Phi) is 4.63. The van der Waals surface area contributed by atoms with Crippen molar-refractivity contribution in [3.05, 3.63) is 65.9 Å². The highest BCUT2D eigenvalue weighted by Crippen LogP contribution is 2.26. The van der Waals surface area contributed by atoms with Gasteiger partial charge in [0.2, 0.25) is 0 Å². The van der Waals surface area contributed by atoms with Gasteiger partial charge in [0, 0.05) is 48.9 Å². The average molecular weight is 349 g/mol. The zero-order valence-electron chi connectivity index (χ0n) is 14.9. The zero-order chi connectivity index (χ0) is 17.9. The van der Waals surface area contributed by atoms with Crippen LogP contribution in [0, 0.1) is 0 Å². The van der Waals surface area contributed by atoms with Crippen molar-refractivity contribution >= 4 is 22.6 Å². The molecule has 1 unspecified atom stereocenters. The van der Waals surface area contributed by atoms with Crippen LogP contribution in [0.25, 0.3) is 10.9 Å². The molecule has 2 N–H and O–H groups in total. The Morgan fingerprint density at radius 2 is 2.04 bits per heavy atom. The highest BCUT2D eigenvalue weighted by molar-refractivity contribution is 5.92. The van der Waals surface area contributed by atoms with Crippen LogP contribution in [0.1, 0.15) is 23.5 Å². The van der Waals surface area contributed by atoms with Crippen molar-refractivity contribution in [1.82, 2.24) is 9.88 Å². The summed E-state index contributed by atoms with van der Waals surface area (Å²) in [5.41, 5.74) is 4.59. The highest BCUT2D eigenvalue weighted by atomic mass is 16.5. The summed E-state index contributed by atoms with van der Waals surface area (Å²) >= 11 is 0. The minimum atomic E-state index is -0.212. The molecule has 0 bridgehead atoms. The fourth-order valence-electron chi connectivity index (χ4n) is 3.50. The number of carbonyl (C=O) groups is 1. The molecule has 3 aromatic rings. The molecule has 1 atom stereocenters. The number of anilines is 1. The van der Waals surface area contributed by atoms with Crippen molar-refractivity contribution < 1.29 is 9.53 Å². The second-order valence-corrected chi connectivity index (χ2v) is 6.72. The Morgan fingerprint density at radius 3 is 2.77 bits per heavy atom. The molecule has 2 heterocycles. The summed E-state index contributed by atoms with van der Waals surface area (Å²) in [5.74, 6) is 0.544. The van der Waals surface area contributed by atoms with E-state index in [1.165, 1.54) is 11.1 Å². The largest absolute Gasteiger partial charge is 0.381 e. The first-order chi connectivity index (χ1) is 12.7. The van der Waals surface area contributed by atoms with Crippen LogP contribution in [0.3, 0.4) is 0 Å². The number of nitrogens with zero attached hydrogens (tertiary/aromatic N) is 1. The molecule has 1 saturated heterocycles. The maximum atomic E-state index is 11.5. The number of hydrogen-bond donors (Lipinski definition) is 2. The molecule has 1 aromatic heterocycles. The van der Waals surface area contributed by atoms with Crippen LogP contribution < -0.4 is 10.6 Å². The first-order valence-corrected chi connectivity index (χ1v) is 8.97. The van der Waals surface area contributed by atoms with Gasteiger partial charge in [-0.15, -0.1) is 0 Å². The standard InChI is InChI=1S/C21H23N3O2/c1-22-21(25)23-19-6-7-20-17(12-19)8-10-24(20)13-15-2-4-16(5-3-15)18-9-11-26-14-18/h2-8,10,12,18H,9,11,13-14H2,1H3,(H2,22,23,25). The number of fused-ring (bicyclic) bond motifs is 1. The lowest BCUT2D eigenvalue weighted by atomic mass is 9.97. The van der Waals surface area contributed by atoms with E-state index >= 15 is 0 Å². The van der Waals surface area contributed by atoms with E-state index in [0.717, 1.165) is 42.8 Å². The minimum Gasteiger partial charge on any atom is -0.381 e. The normalized spacial score (nSPS) is 16.7. The number of rotatable bonds is 4. The van der Waals surface area contributed by atoms with Crippen LogP contribution in [-0.4, -0.2) is 30.9 Å². The second-order valence-electron chi connectivity index (χ2n) is 6.72. The predicted molar refractivity (Wildman–Crippen MR) is 104 cm³/mol. The fourth-order valence-corrected chi connectivity index (χ4v) is 3.50. The molecule has 5 heteroatoms. The molecule has 0 spiro atoms. The Bertz CT molecular complexity index is 909. The number of hydrogen-bond acceptors (Lipinski definition) is 2. The number of aromatic nitrogens is 1. The van der Waals surface area contributed by atoms with Gasteiger partial charge in [0.1, 0.15) is 0 Å². The molecule has 5 nitrogen and oxygen atoms in total. The van der Waals surface area contributed by atoms with Gasteiger partial charge in [0.05, 0.1) is 6.61 Å². The van der Waals surface area contributed by atoms with E-state index in [0.29, 0.717) is 5.92 Å². The number of ether oxygens (including phenoxy) is 1. The molecule has 1 aliphatic heterocycles. The second kappa shape index (κ2) is 7.22. The third-order valence-electron chi connectivity index (χ3n) is 4.99. The van der Waals surface area contributed by atoms with Crippen molar-refractivity contribution in [3.8, 4) is 0 Å². The van der Waals surface area contributed by atoms with E-state index in [2.05, 4.69) is 51.7 Å². The maximum absolute atomic E-state index is 11.5. The summed E-state index contributed by atoms with van der Waals surface area (Å²) in [6.07, 6.45) is 3.21. The SMILES string of the molecule is CNC(=O)Nc1ccc2c(ccn2Cc2ccc(C3CCOC3)cc2)c1. The molecule has 0 aliphatic carbocycles. The molecule has 2 amide bonds. The quantitative estimate of drug-likeness (QED) is 0.749. The van der Waals surface area contributed by atoms with E-state index in [1.54, 1.807) is 7.05 Å². The number of benzene rings is 2. The molecule has 0 radical (unpaired) electrons. The molecule has 0 saturated carbocycles. The van der Waals surface area contributed by atoms with Gasteiger partial charge in [-0.25, -0.2) is 4.79 Å². The summed E-state index contributed by atoms with van der Waals surface area (Å²) in [6.45, 7) is 2.54. The number of nitrogens with one attached hydrogen (secondary N) is 2. The number of urea groups is 1. The lowest BCUT2D eigenvalue weighted by Crippen LogP contribution is -2.24. The van der Waals surface area contributed by atoms with Gasteiger partial charge in [-0.2, -0.15) is 0 Å². The summed E-state index contributed by atoms with van der Waals surface area (Å²) in [5, 5.41) is 6.48. The van der Waals surface area contributed by atoms with Crippen molar-refractivity contribution in [2.24, 2.45) is 0 Å². The lowest BCUT2D eigenvalue weighted by Gasteiger charge is -2.11. The molecule has 134 valence electrons. The first kappa shape index (κ1) is 16.7. The molecule has 2 aromatic carbocycles. The summed E-state index contributed by atoms with van der Waals surface area (Å²) in [7, 11) is 1.61. The van der Waals surface area contributed by atoms with Crippen molar-refractivity contribution in [1.29, 1.82) is 0 Å². The van der Waals surface area contributed by atoms with E-state index in [-0.39, 0.29) is 6.03 Å². The van der Waals surface area contributed by atoms with Crippen LogP contribution in [-0.2, 0) is 11.3 Å². The molecule has 1 fully saturated rings. The average Bonchev–Trinajstić information content (AvgIpc) is 3.33. The number of carbonyl (C=O) groups excluding carboxylic acids is 1. The minimum absolute atomic E-state index is 0.212. The predicted octanol–water partition coefficient (Wildman–Crippen LogP) is 3.94. The molecular formula is C21H23N3O2. The fraction of sp³-hybridized carbons (Fsp3) is 0.286. The van der Waals surface area contributed by atoms with E-state index < -0.39 is 0 Å². The third kappa shape index (κ3) is 3.44. The smallest absolute Gasteiger partial charge is 0.318 e. The van der Waals surface area contributed by atoms with Crippen molar-refractivity contribution in [2.45, 2.75) is 18.9 Å². The van der Waals surface area contributed by atoms with E-state index in [4.69, 9.17) is 4.74 Å². The molecule has 1 aliphatic rings. The van der Waals surface area contributed by atoms with Crippen LogP contribution in [0.2, 0.25) is 0 Å². The van der Waals surface area contributed by atoms with E-state index in [1.807, 2.05) is 18.2 Å². The van der Waals surface area contributed by atoms with Gasteiger partial charge in [-0.1, -0.05) is 24.3 Å². The Morgan fingerprint density at radius 1 is 1.19 bits per heavy atom. The van der Waals surface area contributed by atoms with Crippen molar-refractivity contribution in [2.75, 3.05) is 25.6 Å². The van der Waals surface area contributed by atoms with Crippen LogP contribution in [0.5, 0.6) is 0 Å². The van der Waals surface area contributed by atoms with Gasteiger partial charge in [0.15, 0.2) is 0 Å². The zero-order valence-corrected chi connectivity index (χ0v) is 14.9. The van der Waals surface area contributed by atoms with Crippen molar-refractivity contribution in [3.63, 3.8) is 0 Å². The molecular weight excluding hydrogens is 326 g/mol. The van der Waals surface area contributed by atoms with Gasteiger partial charge in [-0.3, -0.25) is 0 Å². The first-order valence-electron chi connectivity index (χ1n) is 8.97.